The molecule has 0 aromatic heterocycles. The molecule has 0 aliphatic heterocycles. The number of benzene rings is 1. The first-order valence-electron chi connectivity index (χ1n) is 6.35. The lowest BCUT2D eigenvalue weighted by atomic mass is 9.98. The first-order valence-corrected chi connectivity index (χ1v) is 6.35. The molecule has 1 aromatic carbocycles. The predicted octanol–water partition coefficient (Wildman–Crippen LogP) is 3.62. The van der Waals surface area contributed by atoms with Gasteiger partial charge in [-0.25, -0.2) is 0 Å². The Morgan fingerprint density at radius 1 is 1.35 bits per heavy atom. The van der Waals surface area contributed by atoms with E-state index in [2.05, 4.69) is 32.9 Å². The fourth-order valence-corrected chi connectivity index (χ4v) is 2.44. The highest BCUT2D eigenvalue weighted by Crippen LogP contribution is 2.26. The van der Waals surface area contributed by atoms with E-state index in [-0.39, 0.29) is 6.10 Å². The minimum atomic E-state index is 0.0896. The van der Waals surface area contributed by atoms with Crippen molar-refractivity contribution in [2.45, 2.75) is 52.1 Å². The summed E-state index contributed by atoms with van der Waals surface area (Å²) < 4.78 is 5.84. The van der Waals surface area contributed by atoms with Crippen LogP contribution in [-0.2, 0) is 4.79 Å². The zero-order valence-corrected chi connectivity index (χ0v) is 10.8. The van der Waals surface area contributed by atoms with Crippen LogP contribution in [0.1, 0.15) is 50.2 Å². The molecule has 0 N–H and O–H groups in total. The summed E-state index contributed by atoms with van der Waals surface area (Å²) >= 11 is 0. The predicted molar refractivity (Wildman–Crippen MR) is 68.5 cm³/mol. The highest BCUT2D eigenvalue weighted by molar-refractivity contribution is 5.81. The number of carbonyl (C=O) groups is 1. The Labute approximate surface area is 103 Å². The fraction of sp³-hybridized carbons (Fsp3) is 0.533. The first-order chi connectivity index (χ1) is 8.06. The number of ketones is 1. The van der Waals surface area contributed by atoms with E-state index in [9.17, 15) is 4.79 Å². The maximum Gasteiger partial charge on any atom is 0.136 e. The molecule has 0 radical (unpaired) electrons. The van der Waals surface area contributed by atoms with Crippen LogP contribution in [0.3, 0.4) is 0 Å². The van der Waals surface area contributed by atoms with Gasteiger partial charge < -0.3 is 4.74 Å². The van der Waals surface area contributed by atoms with E-state index < -0.39 is 0 Å². The van der Waals surface area contributed by atoms with Gasteiger partial charge in [0.05, 0.1) is 0 Å². The Kier molecular flexibility index (Phi) is 3.51. The molecule has 0 spiro atoms. The Morgan fingerprint density at radius 3 is 2.65 bits per heavy atom. The largest absolute Gasteiger partial charge is 0.490 e. The van der Waals surface area contributed by atoms with Gasteiger partial charge in [-0.15, -0.1) is 0 Å². The SMILES string of the molecule is Cc1cc(OC2CCC(=O)C2)ccc1C(C)C. The van der Waals surface area contributed by atoms with Gasteiger partial charge in [-0.2, -0.15) is 0 Å². The Balaban J connectivity index is 2.07. The molecule has 2 heteroatoms. The summed E-state index contributed by atoms with van der Waals surface area (Å²) in [5.74, 6) is 1.76. The van der Waals surface area contributed by atoms with E-state index in [4.69, 9.17) is 4.74 Å². The molecule has 1 atom stereocenters. The zero-order valence-electron chi connectivity index (χ0n) is 10.8. The molecule has 1 aliphatic rings. The molecule has 0 bridgehead atoms. The van der Waals surface area contributed by atoms with Crippen LogP contribution >= 0.6 is 0 Å². The van der Waals surface area contributed by atoms with Crippen molar-refractivity contribution < 1.29 is 9.53 Å². The van der Waals surface area contributed by atoms with Crippen LogP contribution in [0, 0.1) is 6.92 Å². The molecule has 0 saturated heterocycles. The van der Waals surface area contributed by atoms with Crippen LogP contribution < -0.4 is 4.74 Å². The second-order valence-corrected chi connectivity index (χ2v) is 5.19. The summed E-state index contributed by atoms with van der Waals surface area (Å²) in [6.45, 7) is 6.50. The third-order valence-corrected chi connectivity index (χ3v) is 3.37. The average molecular weight is 232 g/mol. The summed E-state index contributed by atoms with van der Waals surface area (Å²) in [6, 6.07) is 6.23. The Hall–Kier alpha value is -1.31. The molecule has 2 rings (SSSR count). The summed E-state index contributed by atoms with van der Waals surface area (Å²) in [6.07, 6.45) is 2.20. The molecule has 0 amide bonds. The molecule has 1 aliphatic carbocycles. The fourth-order valence-electron chi connectivity index (χ4n) is 2.44. The minimum absolute atomic E-state index is 0.0896. The summed E-state index contributed by atoms with van der Waals surface area (Å²) in [7, 11) is 0. The van der Waals surface area contributed by atoms with Crippen molar-refractivity contribution in [1.29, 1.82) is 0 Å². The Morgan fingerprint density at radius 2 is 2.12 bits per heavy atom. The van der Waals surface area contributed by atoms with E-state index in [1.807, 2.05) is 6.07 Å². The van der Waals surface area contributed by atoms with Gasteiger partial charge in [-0.05, 0) is 42.5 Å². The van der Waals surface area contributed by atoms with Crippen molar-refractivity contribution in [2.24, 2.45) is 0 Å². The molecule has 1 aromatic rings. The quantitative estimate of drug-likeness (QED) is 0.795. The number of Topliss-reactive ketones (excluding diaryl/α,β-unsaturated/α-hetero) is 1. The van der Waals surface area contributed by atoms with Crippen molar-refractivity contribution in [3.63, 3.8) is 0 Å². The lowest BCUT2D eigenvalue weighted by Crippen LogP contribution is -2.12. The second-order valence-electron chi connectivity index (χ2n) is 5.19. The van der Waals surface area contributed by atoms with Gasteiger partial charge in [-0.3, -0.25) is 4.79 Å². The summed E-state index contributed by atoms with van der Waals surface area (Å²) in [5.41, 5.74) is 2.63. The zero-order chi connectivity index (χ0) is 12.4. The van der Waals surface area contributed by atoms with Crippen molar-refractivity contribution in [1.82, 2.24) is 0 Å². The van der Waals surface area contributed by atoms with E-state index in [1.54, 1.807) is 0 Å². The van der Waals surface area contributed by atoms with Gasteiger partial charge in [-0.1, -0.05) is 19.9 Å². The summed E-state index contributed by atoms with van der Waals surface area (Å²) in [5, 5.41) is 0. The first kappa shape index (κ1) is 12.2. The molecule has 1 fully saturated rings. The van der Waals surface area contributed by atoms with Crippen LogP contribution in [0.4, 0.5) is 0 Å². The third-order valence-electron chi connectivity index (χ3n) is 3.37. The lowest BCUT2D eigenvalue weighted by molar-refractivity contribution is -0.117. The summed E-state index contributed by atoms with van der Waals surface area (Å²) in [4.78, 5) is 11.2. The highest BCUT2D eigenvalue weighted by Gasteiger charge is 2.23. The van der Waals surface area contributed by atoms with Gasteiger partial charge in [0.15, 0.2) is 0 Å². The monoisotopic (exact) mass is 232 g/mol. The van der Waals surface area contributed by atoms with Crippen molar-refractivity contribution >= 4 is 5.78 Å². The number of hydrogen-bond donors (Lipinski definition) is 0. The number of aryl methyl sites for hydroxylation is 1. The maximum atomic E-state index is 11.2. The number of rotatable bonds is 3. The normalized spacial score (nSPS) is 20.0. The molecule has 92 valence electrons. The van der Waals surface area contributed by atoms with E-state index in [1.165, 1.54) is 11.1 Å². The second kappa shape index (κ2) is 4.91. The van der Waals surface area contributed by atoms with Crippen LogP contribution in [-0.4, -0.2) is 11.9 Å². The van der Waals surface area contributed by atoms with E-state index in [0.717, 1.165) is 12.2 Å². The lowest BCUT2D eigenvalue weighted by Gasteiger charge is -2.15. The van der Waals surface area contributed by atoms with Gasteiger partial charge in [0.1, 0.15) is 17.6 Å². The van der Waals surface area contributed by atoms with Crippen molar-refractivity contribution in [2.75, 3.05) is 0 Å². The number of carbonyl (C=O) groups excluding carboxylic acids is 1. The average Bonchev–Trinajstić information content (AvgIpc) is 2.63. The molecule has 2 nitrogen and oxygen atoms in total. The Bertz CT molecular complexity index is 421. The van der Waals surface area contributed by atoms with Gasteiger partial charge >= 0.3 is 0 Å². The molecule has 17 heavy (non-hydrogen) atoms. The van der Waals surface area contributed by atoms with Gasteiger partial charge in [0.25, 0.3) is 0 Å². The molecule has 1 saturated carbocycles. The van der Waals surface area contributed by atoms with Crippen LogP contribution in [0.25, 0.3) is 0 Å². The standard InChI is InChI=1S/C15H20O2/c1-10(2)15-7-6-13(8-11(15)3)17-14-5-4-12(16)9-14/h6-8,10,14H,4-5,9H2,1-3H3. The van der Waals surface area contributed by atoms with E-state index in [0.29, 0.717) is 24.5 Å². The van der Waals surface area contributed by atoms with Gasteiger partial charge in [0.2, 0.25) is 0 Å². The topological polar surface area (TPSA) is 26.3 Å². The van der Waals surface area contributed by atoms with E-state index >= 15 is 0 Å². The molecular formula is C15H20O2. The van der Waals surface area contributed by atoms with Crippen molar-refractivity contribution in [3.05, 3.63) is 29.3 Å². The molecule has 1 unspecified atom stereocenters. The van der Waals surface area contributed by atoms with Crippen LogP contribution in [0.2, 0.25) is 0 Å². The third kappa shape index (κ3) is 2.87. The minimum Gasteiger partial charge on any atom is -0.490 e. The van der Waals surface area contributed by atoms with Gasteiger partial charge in [0, 0.05) is 12.8 Å². The highest BCUT2D eigenvalue weighted by atomic mass is 16.5. The smallest absolute Gasteiger partial charge is 0.136 e. The van der Waals surface area contributed by atoms with Crippen LogP contribution in [0.15, 0.2) is 18.2 Å². The molecular weight excluding hydrogens is 212 g/mol. The number of hydrogen-bond acceptors (Lipinski definition) is 2. The number of ether oxygens (including phenoxy) is 1. The maximum absolute atomic E-state index is 11.2. The van der Waals surface area contributed by atoms with Crippen LogP contribution in [0.5, 0.6) is 5.75 Å². The van der Waals surface area contributed by atoms with Crippen molar-refractivity contribution in [3.8, 4) is 5.75 Å². The molecule has 0 heterocycles.